The molecule has 246 valence electrons. The summed E-state index contributed by atoms with van der Waals surface area (Å²) in [5.74, 6) is -2.13. The lowest BCUT2D eigenvalue weighted by atomic mass is 9.90. The summed E-state index contributed by atoms with van der Waals surface area (Å²) < 4.78 is 41.1. The van der Waals surface area contributed by atoms with Crippen molar-refractivity contribution in [3.8, 4) is 0 Å². The molecule has 11 heteroatoms. The second kappa shape index (κ2) is 14.5. The Balaban J connectivity index is 1.62. The number of imidazole rings is 1. The van der Waals surface area contributed by atoms with Crippen LogP contribution in [0, 0.1) is 11.8 Å². The minimum absolute atomic E-state index is 0.0300. The molecule has 3 heterocycles. The monoisotopic (exact) mass is 619 g/mol. The van der Waals surface area contributed by atoms with Gasteiger partial charge in [0.1, 0.15) is 11.4 Å². The normalized spacial score (nSPS) is 21.0. The molecule has 2 fully saturated rings. The number of carbonyl (C=O) groups is 2. The van der Waals surface area contributed by atoms with E-state index in [2.05, 4.69) is 29.4 Å². The molecule has 2 atom stereocenters. The van der Waals surface area contributed by atoms with Crippen molar-refractivity contribution in [3.05, 3.63) is 30.1 Å². The molecule has 0 radical (unpaired) electrons. The zero-order valence-electron chi connectivity index (χ0n) is 27.4. The summed E-state index contributed by atoms with van der Waals surface area (Å²) in [4.78, 5) is 37.7. The molecule has 1 aromatic heterocycles. The molecule has 0 aliphatic carbocycles. The van der Waals surface area contributed by atoms with Gasteiger partial charge in [-0.3, -0.25) is 9.69 Å². The highest BCUT2D eigenvalue weighted by Gasteiger charge is 2.42. The zero-order chi connectivity index (χ0) is 32.1. The van der Waals surface area contributed by atoms with E-state index < -0.39 is 23.5 Å². The summed E-state index contributed by atoms with van der Waals surface area (Å²) >= 11 is 0. The topological polar surface area (TPSA) is 80.1 Å². The Morgan fingerprint density at radius 1 is 1.09 bits per heavy atom. The number of fused-ring (bicyclic) bond motifs is 1. The van der Waals surface area contributed by atoms with Crippen LogP contribution in [0.1, 0.15) is 72.5 Å². The van der Waals surface area contributed by atoms with E-state index in [0.29, 0.717) is 32.0 Å². The second-order valence-corrected chi connectivity index (χ2v) is 13.8. The van der Waals surface area contributed by atoms with Crippen molar-refractivity contribution >= 4 is 23.0 Å². The number of hydrogen-bond acceptors (Lipinski definition) is 6. The van der Waals surface area contributed by atoms with Gasteiger partial charge in [-0.05, 0) is 58.1 Å². The molecule has 2 amide bonds. The smallest absolute Gasteiger partial charge is 0.410 e. The minimum Gasteiger partial charge on any atom is -0.444 e. The molecule has 2 aliphatic rings. The van der Waals surface area contributed by atoms with E-state index in [0.717, 1.165) is 42.8 Å². The molecule has 44 heavy (non-hydrogen) atoms. The third kappa shape index (κ3) is 9.12. The summed E-state index contributed by atoms with van der Waals surface area (Å²) in [5.41, 5.74) is 1.33. The molecular formula is C33H51F2N5O4. The molecule has 2 saturated heterocycles. The molecule has 2 aromatic rings. The molecule has 1 unspecified atom stereocenters. The number of rotatable bonds is 11. The highest BCUT2D eigenvalue weighted by atomic mass is 19.3. The first-order chi connectivity index (χ1) is 20.8. The van der Waals surface area contributed by atoms with Crippen LogP contribution in [0.3, 0.4) is 0 Å². The van der Waals surface area contributed by atoms with E-state index in [1.807, 2.05) is 39.0 Å². The van der Waals surface area contributed by atoms with Crippen LogP contribution in [0.15, 0.2) is 24.3 Å². The summed E-state index contributed by atoms with van der Waals surface area (Å²) in [6.45, 7) is 13.3. The summed E-state index contributed by atoms with van der Waals surface area (Å²) in [6.07, 6.45) is 1.31. The number of aryl methyl sites for hydroxylation is 1. The fraction of sp³-hybridized carbons (Fsp3) is 0.727. The highest BCUT2D eigenvalue weighted by Crippen LogP contribution is 2.31. The number of halogens is 2. The number of piperidine rings is 2. The van der Waals surface area contributed by atoms with Gasteiger partial charge in [0, 0.05) is 71.9 Å². The zero-order valence-corrected chi connectivity index (χ0v) is 27.4. The number of methoxy groups -OCH3 is 1. The van der Waals surface area contributed by atoms with Gasteiger partial charge in [-0.25, -0.2) is 18.6 Å². The Hall–Kier alpha value is -2.79. The van der Waals surface area contributed by atoms with Gasteiger partial charge in [-0.15, -0.1) is 0 Å². The first-order valence-corrected chi connectivity index (χ1v) is 16.1. The van der Waals surface area contributed by atoms with E-state index in [9.17, 15) is 18.4 Å². The fourth-order valence-electron chi connectivity index (χ4n) is 6.31. The number of unbranched alkanes of at least 4 members (excludes halogenated alkanes) is 1. The van der Waals surface area contributed by atoms with Crippen molar-refractivity contribution in [2.24, 2.45) is 11.8 Å². The van der Waals surface area contributed by atoms with Crippen molar-refractivity contribution < 1.29 is 27.8 Å². The lowest BCUT2D eigenvalue weighted by Crippen LogP contribution is -2.57. The number of nitrogens with zero attached hydrogens (tertiary/aromatic N) is 5. The number of hydrogen-bond donors (Lipinski definition) is 0. The fourth-order valence-corrected chi connectivity index (χ4v) is 6.31. The maximum Gasteiger partial charge on any atom is 0.410 e. The highest BCUT2D eigenvalue weighted by molar-refractivity contribution is 5.80. The standard InChI is InChI=1S/C33H51F2N5O4/c1-24(2)20-38(23-29-36-27-11-7-8-12-28(27)40(29)15-9-10-18-43-6)26-19-25(21-39(22-26)31(42)44-32(3,4)5)30(41)37-16-13-33(34,35)14-17-37/h7-8,11-12,24-26H,9-10,13-23H2,1-6H3/t25?,26-/m0/s1. The van der Waals surface area contributed by atoms with E-state index in [1.54, 1.807) is 16.9 Å². The van der Waals surface area contributed by atoms with E-state index in [-0.39, 0.29) is 44.4 Å². The van der Waals surface area contributed by atoms with E-state index in [4.69, 9.17) is 14.5 Å². The van der Waals surface area contributed by atoms with Crippen LogP contribution in [0.5, 0.6) is 0 Å². The maximum atomic E-state index is 13.9. The minimum atomic E-state index is -2.74. The molecule has 0 spiro atoms. The van der Waals surface area contributed by atoms with Crippen LogP contribution in [0.25, 0.3) is 11.0 Å². The molecular weight excluding hydrogens is 568 g/mol. The van der Waals surface area contributed by atoms with Gasteiger partial charge in [0.05, 0.1) is 23.5 Å². The van der Waals surface area contributed by atoms with Gasteiger partial charge in [-0.2, -0.15) is 0 Å². The van der Waals surface area contributed by atoms with Crippen LogP contribution in [-0.2, 0) is 27.4 Å². The number of benzene rings is 1. The van der Waals surface area contributed by atoms with Crippen molar-refractivity contribution in [2.45, 2.75) is 97.4 Å². The third-order valence-electron chi connectivity index (χ3n) is 8.41. The predicted molar refractivity (Wildman–Crippen MR) is 167 cm³/mol. The first kappa shape index (κ1) is 34.1. The maximum absolute atomic E-state index is 13.9. The number of likely N-dealkylation sites (tertiary alicyclic amines) is 2. The molecule has 1 aromatic carbocycles. The predicted octanol–water partition coefficient (Wildman–Crippen LogP) is 5.80. The lowest BCUT2D eigenvalue weighted by Gasteiger charge is -2.44. The van der Waals surface area contributed by atoms with Crippen molar-refractivity contribution in [1.29, 1.82) is 0 Å². The summed E-state index contributed by atoms with van der Waals surface area (Å²) in [6, 6.07) is 8.00. The average molecular weight is 620 g/mol. The third-order valence-corrected chi connectivity index (χ3v) is 8.41. The van der Waals surface area contributed by atoms with Crippen LogP contribution >= 0.6 is 0 Å². The van der Waals surface area contributed by atoms with Gasteiger partial charge < -0.3 is 23.8 Å². The van der Waals surface area contributed by atoms with Gasteiger partial charge in [0.15, 0.2) is 0 Å². The Morgan fingerprint density at radius 3 is 2.45 bits per heavy atom. The first-order valence-electron chi connectivity index (χ1n) is 16.1. The summed E-state index contributed by atoms with van der Waals surface area (Å²) in [7, 11) is 1.71. The molecule has 0 saturated carbocycles. The quantitative estimate of drug-likeness (QED) is 0.296. The molecule has 0 bridgehead atoms. The van der Waals surface area contributed by atoms with Gasteiger partial charge in [0.2, 0.25) is 5.91 Å². The average Bonchev–Trinajstić information content (AvgIpc) is 3.30. The van der Waals surface area contributed by atoms with Gasteiger partial charge in [0.25, 0.3) is 5.92 Å². The largest absolute Gasteiger partial charge is 0.444 e. The van der Waals surface area contributed by atoms with Crippen molar-refractivity contribution in [1.82, 2.24) is 24.3 Å². The number of ether oxygens (including phenoxy) is 2. The Morgan fingerprint density at radius 2 is 1.80 bits per heavy atom. The molecule has 0 N–H and O–H groups in total. The van der Waals surface area contributed by atoms with Gasteiger partial charge in [-0.1, -0.05) is 26.0 Å². The number of amides is 2. The second-order valence-electron chi connectivity index (χ2n) is 13.8. The van der Waals surface area contributed by atoms with Crippen LogP contribution in [-0.4, -0.2) is 100 Å². The number of aromatic nitrogens is 2. The van der Waals surface area contributed by atoms with Crippen LogP contribution in [0.2, 0.25) is 0 Å². The van der Waals surface area contributed by atoms with Gasteiger partial charge >= 0.3 is 6.09 Å². The Bertz CT molecular complexity index is 1250. The Kier molecular flexibility index (Phi) is 11.3. The van der Waals surface area contributed by atoms with E-state index >= 15 is 0 Å². The number of alkyl halides is 2. The Labute approximate surface area is 260 Å². The molecule has 4 rings (SSSR count). The van der Waals surface area contributed by atoms with Crippen LogP contribution in [0.4, 0.5) is 13.6 Å². The lowest BCUT2D eigenvalue weighted by molar-refractivity contribution is -0.144. The SMILES string of the molecule is COCCCCn1c(CN(CC(C)C)[C@H]2CC(C(=O)N3CCC(F)(F)CC3)CN(C(=O)OC(C)(C)C)C2)nc2ccccc21. The molecule has 9 nitrogen and oxygen atoms in total. The summed E-state index contributed by atoms with van der Waals surface area (Å²) in [5, 5.41) is 0. The van der Waals surface area contributed by atoms with Crippen LogP contribution < -0.4 is 0 Å². The van der Waals surface area contributed by atoms with E-state index in [1.165, 1.54) is 0 Å². The number of carbonyl (C=O) groups excluding carboxylic acids is 2. The van der Waals surface area contributed by atoms with Crippen molar-refractivity contribution in [2.75, 3.05) is 46.4 Å². The number of para-hydroxylation sites is 2. The molecule has 2 aliphatic heterocycles. The van der Waals surface area contributed by atoms with Crippen molar-refractivity contribution in [3.63, 3.8) is 0 Å².